The van der Waals surface area contributed by atoms with Crippen molar-refractivity contribution in [2.24, 2.45) is 0 Å². The number of hydrogen-bond donors (Lipinski definition) is 2. The number of hydrogen-bond acceptors (Lipinski definition) is 4. The molecule has 1 heterocycles. The van der Waals surface area contributed by atoms with Crippen LogP contribution in [0.2, 0.25) is 0 Å². The van der Waals surface area contributed by atoms with Gasteiger partial charge in [-0.1, -0.05) is 12.1 Å². The first-order chi connectivity index (χ1) is 10.2. The van der Waals surface area contributed by atoms with E-state index in [-0.39, 0.29) is 11.6 Å². The van der Waals surface area contributed by atoms with E-state index in [1.54, 1.807) is 7.05 Å². The molecule has 0 bridgehead atoms. The summed E-state index contributed by atoms with van der Waals surface area (Å²) in [6, 6.07) is 10.8. The Morgan fingerprint density at radius 1 is 1.00 bits per heavy atom. The van der Waals surface area contributed by atoms with Crippen molar-refractivity contribution in [3.05, 3.63) is 54.1 Å². The average Bonchev–Trinajstić information content (AvgIpc) is 2.49. The largest absolute Gasteiger partial charge is 0.372 e. The van der Waals surface area contributed by atoms with Gasteiger partial charge in [0.2, 0.25) is 5.95 Å². The Balaban J connectivity index is 2.04. The summed E-state index contributed by atoms with van der Waals surface area (Å²) in [6.45, 7) is 0. The Morgan fingerprint density at radius 2 is 1.81 bits per heavy atom. The summed E-state index contributed by atoms with van der Waals surface area (Å²) >= 11 is 0. The van der Waals surface area contributed by atoms with E-state index in [0.717, 1.165) is 17.0 Å². The third-order valence-corrected chi connectivity index (χ3v) is 3.02. The summed E-state index contributed by atoms with van der Waals surface area (Å²) in [5.41, 5.74) is 0.843. The normalized spacial score (nSPS) is 10.6. The van der Waals surface area contributed by atoms with Crippen molar-refractivity contribution in [1.82, 2.24) is 9.97 Å². The van der Waals surface area contributed by atoms with E-state index < -0.39 is 11.6 Å². The second-order valence-corrected chi connectivity index (χ2v) is 4.41. The van der Waals surface area contributed by atoms with Gasteiger partial charge in [0.1, 0.15) is 17.5 Å². The standard InChI is InChI=1S/C15H12F2N4/c1-18-14-10-4-2-3-5-12(10)19-15(21-14)20-13-7-6-9(16)8-11(13)17/h2-8H,1H3,(H2,18,19,20,21). The predicted octanol–water partition coefficient (Wildman–Crippen LogP) is 3.69. The third-order valence-electron chi connectivity index (χ3n) is 3.02. The molecule has 0 atom stereocenters. The minimum atomic E-state index is -0.697. The predicted molar refractivity (Wildman–Crippen MR) is 78.7 cm³/mol. The van der Waals surface area contributed by atoms with Gasteiger partial charge in [-0.15, -0.1) is 0 Å². The smallest absolute Gasteiger partial charge is 0.229 e. The van der Waals surface area contributed by atoms with Gasteiger partial charge in [0.15, 0.2) is 0 Å². The van der Waals surface area contributed by atoms with Crippen molar-refractivity contribution < 1.29 is 8.78 Å². The fraction of sp³-hybridized carbons (Fsp3) is 0.0667. The molecule has 0 amide bonds. The van der Waals surface area contributed by atoms with Crippen LogP contribution >= 0.6 is 0 Å². The summed E-state index contributed by atoms with van der Waals surface area (Å²) in [7, 11) is 1.75. The molecule has 0 aliphatic heterocycles. The molecule has 3 aromatic rings. The van der Waals surface area contributed by atoms with Crippen LogP contribution in [0.4, 0.5) is 26.2 Å². The highest BCUT2D eigenvalue weighted by molar-refractivity contribution is 5.90. The van der Waals surface area contributed by atoms with E-state index in [0.29, 0.717) is 5.82 Å². The van der Waals surface area contributed by atoms with Crippen LogP contribution in [0.25, 0.3) is 10.9 Å². The van der Waals surface area contributed by atoms with E-state index in [1.165, 1.54) is 12.1 Å². The molecule has 0 fully saturated rings. The Hall–Kier alpha value is -2.76. The van der Waals surface area contributed by atoms with Crippen molar-refractivity contribution in [3.8, 4) is 0 Å². The quantitative estimate of drug-likeness (QED) is 0.771. The molecular weight excluding hydrogens is 274 g/mol. The van der Waals surface area contributed by atoms with Gasteiger partial charge in [0.25, 0.3) is 0 Å². The monoisotopic (exact) mass is 286 g/mol. The van der Waals surface area contributed by atoms with E-state index in [2.05, 4.69) is 20.6 Å². The molecule has 0 saturated heterocycles. The van der Waals surface area contributed by atoms with Crippen molar-refractivity contribution in [3.63, 3.8) is 0 Å². The molecule has 4 nitrogen and oxygen atoms in total. The van der Waals surface area contributed by atoms with Crippen molar-refractivity contribution in [2.75, 3.05) is 17.7 Å². The zero-order valence-electron chi connectivity index (χ0n) is 11.2. The van der Waals surface area contributed by atoms with Gasteiger partial charge < -0.3 is 10.6 Å². The van der Waals surface area contributed by atoms with E-state index in [4.69, 9.17) is 0 Å². The topological polar surface area (TPSA) is 49.8 Å². The lowest BCUT2D eigenvalue weighted by molar-refractivity contribution is 0.586. The maximum atomic E-state index is 13.7. The lowest BCUT2D eigenvalue weighted by Gasteiger charge is -2.10. The fourth-order valence-corrected chi connectivity index (χ4v) is 2.03. The lowest BCUT2D eigenvalue weighted by atomic mass is 10.2. The molecule has 0 aliphatic carbocycles. The Labute approximate surface area is 119 Å². The second kappa shape index (κ2) is 5.32. The lowest BCUT2D eigenvalue weighted by Crippen LogP contribution is -2.03. The first-order valence-electron chi connectivity index (χ1n) is 6.34. The van der Waals surface area contributed by atoms with E-state index >= 15 is 0 Å². The van der Waals surface area contributed by atoms with Gasteiger partial charge in [-0.05, 0) is 24.3 Å². The first kappa shape index (κ1) is 13.2. The number of halogens is 2. The highest BCUT2D eigenvalue weighted by Gasteiger charge is 2.09. The maximum Gasteiger partial charge on any atom is 0.229 e. The van der Waals surface area contributed by atoms with Crippen LogP contribution in [0.5, 0.6) is 0 Å². The number of rotatable bonds is 3. The number of nitrogens with one attached hydrogen (secondary N) is 2. The average molecular weight is 286 g/mol. The number of para-hydroxylation sites is 1. The summed E-state index contributed by atoms with van der Waals surface area (Å²) in [6.07, 6.45) is 0. The molecule has 21 heavy (non-hydrogen) atoms. The molecule has 106 valence electrons. The number of fused-ring (bicyclic) bond motifs is 1. The van der Waals surface area contributed by atoms with Crippen molar-refractivity contribution >= 4 is 28.4 Å². The molecule has 0 radical (unpaired) electrons. The third kappa shape index (κ3) is 2.60. The zero-order valence-corrected chi connectivity index (χ0v) is 11.2. The van der Waals surface area contributed by atoms with Crippen LogP contribution in [-0.2, 0) is 0 Å². The molecule has 2 N–H and O–H groups in total. The number of benzene rings is 2. The minimum Gasteiger partial charge on any atom is -0.372 e. The fourth-order valence-electron chi connectivity index (χ4n) is 2.03. The number of anilines is 3. The SMILES string of the molecule is CNc1nc(Nc2ccc(F)cc2F)nc2ccccc12. The molecule has 0 aliphatic rings. The van der Waals surface area contributed by atoms with E-state index in [1.807, 2.05) is 24.3 Å². The van der Waals surface area contributed by atoms with Gasteiger partial charge in [-0.2, -0.15) is 4.98 Å². The molecule has 2 aromatic carbocycles. The minimum absolute atomic E-state index is 0.119. The molecule has 0 saturated carbocycles. The van der Waals surface area contributed by atoms with Crippen LogP contribution in [0.1, 0.15) is 0 Å². The Morgan fingerprint density at radius 3 is 2.57 bits per heavy atom. The molecule has 6 heteroatoms. The first-order valence-corrected chi connectivity index (χ1v) is 6.34. The molecule has 0 unspecified atom stereocenters. The van der Waals surface area contributed by atoms with Crippen LogP contribution in [0.15, 0.2) is 42.5 Å². The van der Waals surface area contributed by atoms with Crippen LogP contribution in [0, 0.1) is 11.6 Å². The van der Waals surface area contributed by atoms with Crippen LogP contribution in [-0.4, -0.2) is 17.0 Å². The van der Waals surface area contributed by atoms with Gasteiger partial charge in [-0.25, -0.2) is 13.8 Å². The molecule has 1 aromatic heterocycles. The molecule has 0 spiro atoms. The van der Waals surface area contributed by atoms with E-state index in [9.17, 15) is 8.78 Å². The van der Waals surface area contributed by atoms with Crippen molar-refractivity contribution in [1.29, 1.82) is 0 Å². The van der Waals surface area contributed by atoms with Gasteiger partial charge in [0.05, 0.1) is 11.2 Å². The summed E-state index contributed by atoms with van der Waals surface area (Å²) in [4.78, 5) is 8.60. The van der Waals surface area contributed by atoms with Crippen LogP contribution < -0.4 is 10.6 Å². The number of aromatic nitrogens is 2. The van der Waals surface area contributed by atoms with Gasteiger partial charge in [-0.3, -0.25) is 0 Å². The maximum absolute atomic E-state index is 13.7. The summed E-state index contributed by atoms with van der Waals surface area (Å²) in [5.74, 6) is -0.458. The Bertz CT molecular complexity index is 805. The van der Waals surface area contributed by atoms with Gasteiger partial charge in [0, 0.05) is 18.5 Å². The highest BCUT2D eigenvalue weighted by atomic mass is 19.1. The summed E-state index contributed by atoms with van der Waals surface area (Å²) in [5, 5.41) is 6.60. The Kier molecular flexibility index (Phi) is 3.35. The number of nitrogens with zero attached hydrogens (tertiary/aromatic N) is 2. The van der Waals surface area contributed by atoms with Gasteiger partial charge >= 0.3 is 0 Å². The molecular formula is C15H12F2N4. The summed E-state index contributed by atoms with van der Waals surface area (Å²) < 4.78 is 26.6. The van der Waals surface area contributed by atoms with Crippen LogP contribution in [0.3, 0.4) is 0 Å². The zero-order chi connectivity index (χ0) is 14.8. The second-order valence-electron chi connectivity index (χ2n) is 4.41. The van der Waals surface area contributed by atoms with Crippen molar-refractivity contribution in [2.45, 2.75) is 0 Å². The highest BCUT2D eigenvalue weighted by Crippen LogP contribution is 2.24. The molecule has 3 rings (SSSR count).